The van der Waals surface area contributed by atoms with Gasteiger partial charge < -0.3 is 15.7 Å². The molecule has 2 amide bonds. The maximum Gasteiger partial charge on any atom is 0.315 e. The third-order valence-corrected chi connectivity index (χ3v) is 3.68. The maximum atomic E-state index is 11.7. The van der Waals surface area contributed by atoms with Crippen molar-refractivity contribution < 1.29 is 14.7 Å². The molecule has 0 aliphatic heterocycles. The molecule has 3 N–H and O–H groups in total. The van der Waals surface area contributed by atoms with Crippen molar-refractivity contribution in [1.29, 1.82) is 0 Å². The fourth-order valence-corrected chi connectivity index (χ4v) is 2.73. The van der Waals surface area contributed by atoms with E-state index < -0.39 is 5.97 Å². The molecule has 0 heterocycles. The van der Waals surface area contributed by atoms with E-state index in [0.717, 1.165) is 19.3 Å². The lowest BCUT2D eigenvalue weighted by Gasteiger charge is -2.21. The number of amides is 2. The van der Waals surface area contributed by atoms with E-state index in [-0.39, 0.29) is 25.0 Å². The highest BCUT2D eigenvalue weighted by Crippen LogP contribution is 2.34. The second-order valence-corrected chi connectivity index (χ2v) is 5.10. The number of carbonyl (C=O) groups is 2. The minimum atomic E-state index is -0.909. The molecule has 0 bridgehead atoms. The molecule has 1 fully saturated rings. The summed E-state index contributed by atoms with van der Waals surface area (Å²) in [6.45, 7) is 0.157. The molecule has 0 saturated heterocycles. The number of carboxylic acid groups (broad SMARTS) is 1. The number of rotatable bonds is 5. The predicted octanol–water partition coefficient (Wildman–Crippen LogP) is 2.10. The molecular formula is C15H20N2O3. The van der Waals surface area contributed by atoms with Crippen LogP contribution in [-0.2, 0) is 4.79 Å². The van der Waals surface area contributed by atoms with Crippen LogP contribution in [0.2, 0.25) is 0 Å². The number of nitrogens with one attached hydrogen (secondary N) is 2. The van der Waals surface area contributed by atoms with Crippen LogP contribution in [0.3, 0.4) is 0 Å². The number of carboxylic acids is 1. The highest BCUT2D eigenvalue weighted by molar-refractivity contribution is 5.75. The van der Waals surface area contributed by atoms with Crippen LogP contribution < -0.4 is 10.6 Å². The summed E-state index contributed by atoms with van der Waals surface area (Å²) in [5.41, 5.74) is 1.25. The van der Waals surface area contributed by atoms with E-state index in [1.807, 2.05) is 18.2 Å². The molecule has 108 valence electrons. The van der Waals surface area contributed by atoms with Crippen molar-refractivity contribution in [2.75, 3.05) is 6.54 Å². The van der Waals surface area contributed by atoms with Gasteiger partial charge >= 0.3 is 12.0 Å². The number of carbonyl (C=O) groups excluding carboxylic acids is 1. The predicted molar refractivity (Wildman–Crippen MR) is 75.6 cm³/mol. The van der Waals surface area contributed by atoms with Crippen LogP contribution in [0.4, 0.5) is 4.79 Å². The Bertz CT molecular complexity index is 461. The van der Waals surface area contributed by atoms with Crippen molar-refractivity contribution in [2.24, 2.45) is 0 Å². The van der Waals surface area contributed by atoms with Gasteiger partial charge in [0.1, 0.15) is 0 Å². The fraction of sp³-hybridized carbons (Fsp3) is 0.467. The van der Waals surface area contributed by atoms with Gasteiger partial charge in [-0.05, 0) is 18.4 Å². The largest absolute Gasteiger partial charge is 0.481 e. The molecule has 5 heteroatoms. The minimum Gasteiger partial charge on any atom is -0.481 e. The Kier molecular flexibility index (Phi) is 4.98. The first kappa shape index (κ1) is 14.4. The van der Waals surface area contributed by atoms with Crippen LogP contribution in [0.5, 0.6) is 0 Å². The van der Waals surface area contributed by atoms with Crippen molar-refractivity contribution in [1.82, 2.24) is 10.6 Å². The Morgan fingerprint density at radius 1 is 1.20 bits per heavy atom. The van der Waals surface area contributed by atoms with Gasteiger partial charge in [0.15, 0.2) is 0 Å². The van der Waals surface area contributed by atoms with Crippen molar-refractivity contribution in [3.8, 4) is 0 Å². The van der Waals surface area contributed by atoms with Gasteiger partial charge in [0.05, 0.1) is 6.42 Å². The minimum absolute atomic E-state index is 0.0554. The summed E-state index contributed by atoms with van der Waals surface area (Å²) >= 11 is 0. The lowest BCUT2D eigenvalue weighted by molar-refractivity contribution is -0.136. The van der Waals surface area contributed by atoms with Gasteiger partial charge in [0.2, 0.25) is 0 Å². The summed E-state index contributed by atoms with van der Waals surface area (Å²) < 4.78 is 0. The summed E-state index contributed by atoms with van der Waals surface area (Å²) in [5.74, 6) is -0.560. The van der Waals surface area contributed by atoms with E-state index >= 15 is 0 Å². The average Bonchev–Trinajstić information content (AvgIpc) is 2.87. The maximum absolute atomic E-state index is 11.7. The summed E-state index contributed by atoms with van der Waals surface area (Å²) in [7, 11) is 0. The number of aliphatic carboxylic acids is 1. The van der Waals surface area contributed by atoms with Crippen LogP contribution in [0, 0.1) is 0 Å². The van der Waals surface area contributed by atoms with Crippen molar-refractivity contribution in [3.05, 3.63) is 35.9 Å². The monoisotopic (exact) mass is 276 g/mol. The Hall–Kier alpha value is -2.04. The first-order valence-electron chi connectivity index (χ1n) is 6.98. The van der Waals surface area contributed by atoms with E-state index in [1.54, 1.807) is 0 Å². The molecule has 5 nitrogen and oxygen atoms in total. The van der Waals surface area contributed by atoms with Gasteiger partial charge in [0.25, 0.3) is 0 Å². The standard InChI is InChI=1S/C15H20N2O3/c18-14(19)9-10-16-15(20)17-13-8-4-7-12(13)11-5-2-1-3-6-11/h1-3,5-6,12-13H,4,7-10H2,(H,18,19)(H2,16,17,20). The number of hydrogen-bond acceptors (Lipinski definition) is 2. The number of urea groups is 1. The average molecular weight is 276 g/mol. The smallest absolute Gasteiger partial charge is 0.315 e. The van der Waals surface area contributed by atoms with Crippen molar-refractivity contribution in [2.45, 2.75) is 37.6 Å². The molecule has 0 spiro atoms. The molecule has 1 aliphatic carbocycles. The molecule has 2 unspecified atom stereocenters. The van der Waals surface area contributed by atoms with Crippen molar-refractivity contribution in [3.63, 3.8) is 0 Å². The molecule has 2 atom stereocenters. The first-order chi connectivity index (χ1) is 9.66. The SMILES string of the molecule is O=C(O)CCNC(=O)NC1CCCC1c1ccccc1. The molecule has 0 aromatic heterocycles. The molecule has 1 saturated carbocycles. The van der Waals surface area contributed by atoms with Gasteiger partial charge in [-0.1, -0.05) is 36.8 Å². The Balaban J connectivity index is 1.85. The van der Waals surface area contributed by atoms with E-state index in [1.165, 1.54) is 5.56 Å². The molecule has 1 aromatic rings. The van der Waals surface area contributed by atoms with Crippen LogP contribution in [0.1, 0.15) is 37.2 Å². The Labute approximate surface area is 118 Å². The van der Waals surface area contributed by atoms with Crippen LogP contribution in [0.25, 0.3) is 0 Å². The van der Waals surface area contributed by atoms with Gasteiger partial charge in [-0.15, -0.1) is 0 Å². The quantitative estimate of drug-likeness (QED) is 0.770. The summed E-state index contributed by atoms with van der Waals surface area (Å²) in [5, 5.41) is 14.1. The Morgan fingerprint density at radius 2 is 1.95 bits per heavy atom. The lowest BCUT2D eigenvalue weighted by Crippen LogP contribution is -2.43. The van der Waals surface area contributed by atoms with E-state index in [2.05, 4.69) is 22.8 Å². The Morgan fingerprint density at radius 3 is 2.65 bits per heavy atom. The molecule has 1 aliphatic rings. The third-order valence-electron chi connectivity index (χ3n) is 3.68. The highest BCUT2D eigenvalue weighted by Gasteiger charge is 2.29. The van der Waals surface area contributed by atoms with Gasteiger partial charge in [-0.3, -0.25) is 4.79 Å². The molecule has 2 rings (SSSR count). The first-order valence-corrected chi connectivity index (χ1v) is 6.98. The van der Waals surface area contributed by atoms with E-state index in [0.29, 0.717) is 5.92 Å². The summed E-state index contributed by atoms with van der Waals surface area (Å²) in [4.78, 5) is 22.1. The van der Waals surface area contributed by atoms with Gasteiger partial charge in [-0.2, -0.15) is 0 Å². The van der Waals surface area contributed by atoms with Gasteiger partial charge in [0, 0.05) is 18.5 Å². The number of hydrogen-bond donors (Lipinski definition) is 3. The third kappa shape index (κ3) is 3.98. The van der Waals surface area contributed by atoms with E-state index in [9.17, 15) is 9.59 Å². The fourth-order valence-electron chi connectivity index (χ4n) is 2.73. The van der Waals surface area contributed by atoms with Crippen LogP contribution in [0.15, 0.2) is 30.3 Å². The van der Waals surface area contributed by atoms with Crippen LogP contribution >= 0.6 is 0 Å². The second-order valence-electron chi connectivity index (χ2n) is 5.10. The normalized spacial score (nSPS) is 21.4. The zero-order valence-electron chi connectivity index (χ0n) is 11.3. The van der Waals surface area contributed by atoms with Crippen molar-refractivity contribution >= 4 is 12.0 Å². The van der Waals surface area contributed by atoms with E-state index in [4.69, 9.17) is 5.11 Å². The summed E-state index contributed by atoms with van der Waals surface area (Å²) in [6, 6.07) is 10.0. The molecular weight excluding hydrogens is 256 g/mol. The van der Waals surface area contributed by atoms with Gasteiger partial charge in [-0.25, -0.2) is 4.79 Å². The molecule has 0 radical (unpaired) electrons. The summed E-state index contributed by atoms with van der Waals surface area (Å²) in [6.07, 6.45) is 3.08. The second kappa shape index (κ2) is 6.93. The number of benzene rings is 1. The zero-order chi connectivity index (χ0) is 14.4. The zero-order valence-corrected chi connectivity index (χ0v) is 11.3. The van der Waals surface area contributed by atoms with Crippen LogP contribution in [-0.4, -0.2) is 29.7 Å². The molecule has 1 aromatic carbocycles. The topological polar surface area (TPSA) is 78.4 Å². The lowest BCUT2D eigenvalue weighted by atomic mass is 9.94. The highest BCUT2D eigenvalue weighted by atomic mass is 16.4. The molecule has 20 heavy (non-hydrogen) atoms.